The Kier molecular flexibility index (Phi) is 5.76. The summed E-state index contributed by atoms with van der Waals surface area (Å²) in [7, 11) is 0. The van der Waals surface area contributed by atoms with Crippen molar-refractivity contribution in [3.05, 3.63) is 84.6 Å². The average molecular weight is 467 g/mol. The van der Waals surface area contributed by atoms with Crippen molar-refractivity contribution in [1.82, 2.24) is 29.4 Å². The summed E-state index contributed by atoms with van der Waals surface area (Å²) in [5.41, 5.74) is 5.11. The van der Waals surface area contributed by atoms with E-state index in [0.717, 1.165) is 22.6 Å². The van der Waals surface area contributed by atoms with Crippen molar-refractivity contribution >= 4 is 28.8 Å². The summed E-state index contributed by atoms with van der Waals surface area (Å²) in [6.07, 6.45) is 3.44. The van der Waals surface area contributed by atoms with Gasteiger partial charge in [0.05, 0.1) is 17.8 Å². The molecule has 0 aliphatic carbocycles. The second kappa shape index (κ2) is 9.18. The zero-order valence-corrected chi connectivity index (χ0v) is 19.1. The van der Waals surface area contributed by atoms with Gasteiger partial charge in [-0.15, -0.1) is 0 Å². The second-order valence-electron chi connectivity index (χ2n) is 8.03. The van der Waals surface area contributed by atoms with E-state index in [0.29, 0.717) is 22.9 Å². The molecule has 2 N–H and O–H groups in total. The van der Waals surface area contributed by atoms with Gasteiger partial charge in [0.1, 0.15) is 6.33 Å². The average Bonchev–Trinajstić information content (AvgIpc) is 3.46. The molecule has 1 aromatic carbocycles. The van der Waals surface area contributed by atoms with E-state index >= 15 is 0 Å². The van der Waals surface area contributed by atoms with Crippen LogP contribution in [0.3, 0.4) is 0 Å². The zero-order chi connectivity index (χ0) is 24.4. The summed E-state index contributed by atoms with van der Waals surface area (Å²) in [6.45, 7) is 3.36. The number of rotatable bonds is 6. The highest BCUT2D eigenvalue weighted by Gasteiger charge is 2.16. The van der Waals surface area contributed by atoms with Crippen molar-refractivity contribution in [2.24, 2.45) is 0 Å². The summed E-state index contributed by atoms with van der Waals surface area (Å²) < 4.78 is 3.42. The van der Waals surface area contributed by atoms with Gasteiger partial charge in [0.25, 0.3) is 0 Å². The van der Waals surface area contributed by atoms with Gasteiger partial charge < -0.3 is 10.6 Å². The van der Waals surface area contributed by atoms with Crippen molar-refractivity contribution < 1.29 is 9.59 Å². The summed E-state index contributed by atoms with van der Waals surface area (Å²) in [4.78, 5) is 32.7. The molecule has 35 heavy (non-hydrogen) atoms. The highest BCUT2D eigenvalue weighted by atomic mass is 16.2. The van der Waals surface area contributed by atoms with Gasteiger partial charge >= 0.3 is 0 Å². The minimum absolute atomic E-state index is 0.0742. The minimum atomic E-state index is -0.211. The molecule has 0 atom stereocenters. The number of benzene rings is 1. The summed E-state index contributed by atoms with van der Waals surface area (Å²) in [5, 5.41) is 14.5. The van der Waals surface area contributed by atoms with Gasteiger partial charge in [0, 0.05) is 35.8 Å². The van der Waals surface area contributed by atoms with Crippen LogP contribution in [-0.4, -0.2) is 41.2 Å². The first-order valence-electron chi connectivity index (χ1n) is 10.9. The Morgan fingerprint density at radius 1 is 0.971 bits per heavy atom. The van der Waals surface area contributed by atoms with Gasteiger partial charge in [0.15, 0.2) is 11.5 Å². The fraction of sp³-hybridized carbons (Fsp3) is 0.120. The summed E-state index contributed by atoms with van der Waals surface area (Å²) in [5.74, 6) is 0.288. The van der Waals surface area contributed by atoms with Crippen molar-refractivity contribution in [1.29, 1.82) is 0 Å². The molecule has 5 rings (SSSR count). The highest BCUT2D eigenvalue weighted by molar-refractivity contribution is 5.93. The number of aromatic nitrogens is 6. The molecular formula is C25H22N8O2. The Hall–Kier alpha value is -4.86. The molecule has 4 heterocycles. The van der Waals surface area contributed by atoms with Crippen LogP contribution in [0.4, 0.5) is 11.4 Å². The van der Waals surface area contributed by atoms with Gasteiger partial charge in [-0.05, 0) is 61.5 Å². The third kappa shape index (κ3) is 4.91. The Bertz CT molecular complexity index is 1530. The first-order chi connectivity index (χ1) is 16.9. The lowest BCUT2D eigenvalue weighted by molar-refractivity contribution is -0.116. The number of anilines is 2. The molecule has 0 saturated heterocycles. The first kappa shape index (κ1) is 22.0. The van der Waals surface area contributed by atoms with Crippen LogP contribution < -0.4 is 10.6 Å². The molecule has 0 aliphatic heterocycles. The lowest BCUT2D eigenvalue weighted by Gasteiger charge is -2.07. The molecule has 0 aliphatic rings. The molecule has 0 bridgehead atoms. The molecule has 0 spiro atoms. The van der Waals surface area contributed by atoms with E-state index in [2.05, 4.69) is 25.7 Å². The summed E-state index contributed by atoms with van der Waals surface area (Å²) >= 11 is 0. The van der Waals surface area contributed by atoms with Gasteiger partial charge in [0.2, 0.25) is 11.8 Å². The quantitative estimate of drug-likeness (QED) is 0.396. The largest absolute Gasteiger partial charge is 0.326 e. The zero-order valence-electron chi connectivity index (χ0n) is 19.1. The lowest BCUT2D eigenvalue weighted by Crippen LogP contribution is -2.15. The molecule has 10 heteroatoms. The number of pyridine rings is 2. The number of nitrogens with one attached hydrogen (secondary N) is 2. The van der Waals surface area contributed by atoms with Crippen LogP contribution in [0.1, 0.15) is 18.3 Å². The maximum atomic E-state index is 12.8. The molecule has 10 nitrogen and oxygen atoms in total. The van der Waals surface area contributed by atoms with E-state index in [1.165, 1.54) is 13.3 Å². The van der Waals surface area contributed by atoms with Crippen LogP contribution in [0.15, 0.2) is 73.2 Å². The first-order valence-corrected chi connectivity index (χ1v) is 10.9. The second-order valence-corrected chi connectivity index (χ2v) is 8.03. The van der Waals surface area contributed by atoms with E-state index in [1.807, 2.05) is 49.5 Å². The fourth-order valence-corrected chi connectivity index (χ4v) is 3.72. The molecule has 2 amide bonds. The predicted molar refractivity (Wildman–Crippen MR) is 131 cm³/mol. The minimum Gasteiger partial charge on any atom is -0.326 e. The third-order valence-corrected chi connectivity index (χ3v) is 5.25. The monoisotopic (exact) mass is 466 g/mol. The molecule has 0 radical (unpaired) electrons. The van der Waals surface area contributed by atoms with Crippen LogP contribution in [0.5, 0.6) is 0 Å². The fourth-order valence-electron chi connectivity index (χ4n) is 3.72. The normalized spacial score (nSPS) is 10.9. The highest BCUT2D eigenvalue weighted by Crippen LogP contribution is 2.24. The molecule has 0 fully saturated rings. The molecule has 174 valence electrons. The molecule has 0 saturated carbocycles. The maximum absolute atomic E-state index is 12.8. The lowest BCUT2D eigenvalue weighted by atomic mass is 10.1. The Balaban J connectivity index is 1.42. The number of hydrogen-bond acceptors (Lipinski definition) is 6. The number of amides is 2. The number of carbonyl (C=O) groups excluding carboxylic acids is 2. The molecule has 4 aromatic heterocycles. The predicted octanol–water partition coefficient (Wildman–Crippen LogP) is 3.43. The van der Waals surface area contributed by atoms with E-state index < -0.39 is 0 Å². The standard InChI is InChI=1S/C25H22N8O2/c1-16-4-3-5-24(28-16)33-22(18-6-11-23-26-15-27-32(23)14-18)12-21(31-33)13-25(35)30-20-9-7-19(8-10-20)29-17(2)34/h3-12,14-15H,13H2,1-2H3,(H,29,34)(H,30,35). The van der Waals surface area contributed by atoms with Gasteiger partial charge in [-0.3, -0.25) is 9.59 Å². The maximum Gasteiger partial charge on any atom is 0.230 e. The van der Waals surface area contributed by atoms with Crippen molar-refractivity contribution in [3.63, 3.8) is 0 Å². The van der Waals surface area contributed by atoms with E-state index in [-0.39, 0.29) is 18.2 Å². The Morgan fingerprint density at radius 3 is 2.49 bits per heavy atom. The Morgan fingerprint density at radius 2 is 1.74 bits per heavy atom. The van der Waals surface area contributed by atoms with Crippen LogP contribution in [0.2, 0.25) is 0 Å². The smallest absolute Gasteiger partial charge is 0.230 e. The number of nitrogens with zero attached hydrogens (tertiary/aromatic N) is 6. The number of fused-ring (bicyclic) bond motifs is 1. The van der Waals surface area contributed by atoms with Crippen molar-refractivity contribution in [3.8, 4) is 17.1 Å². The van der Waals surface area contributed by atoms with E-state index in [4.69, 9.17) is 5.10 Å². The van der Waals surface area contributed by atoms with Crippen molar-refractivity contribution in [2.75, 3.05) is 10.6 Å². The third-order valence-electron chi connectivity index (χ3n) is 5.25. The topological polar surface area (TPSA) is 119 Å². The van der Waals surface area contributed by atoms with Gasteiger partial charge in [-0.1, -0.05) is 6.07 Å². The number of hydrogen-bond donors (Lipinski definition) is 2. The van der Waals surface area contributed by atoms with Crippen LogP contribution in [0, 0.1) is 6.92 Å². The number of carbonyl (C=O) groups is 2. The SMILES string of the molecule is CC(=O)Nc1ccc(NC(=O)Cc2cc(-c3ccc4ncnn4c3)n(-c3cccc(C)n3)n2)cc1. The number of aryl methyl sites for hydroxylation is 1. The van der Waals surface area contributed by atoms with Crippen LogP contribution >= 0.6 is 0 Å². The van der Waals surface area contributed by atoms with E-state index in [9.17, 15) is 9.59 Å². The van der Waals surface area contributed by atoms with Crippen molar-refractivity contribution in [2.45, 2.75) is 20.3 Å². The van der Waals surface area contributed by atoms with Crippen LogP contribution in [-0.2, 0) is 16.0 Å². The molecule has 5 aromatic rings. The van der Waals surface area contributed by atoms with E-state index in [1.54, 1.807) is 33.5 Å². The van der Waals surface area contributed by atoms with Gasteiger partial charge in [-0.25, -0.2) is 19.2 Å². The van der Waals surface area contributed by atoms with Crippen LogP contribution in [0.25, 0.3) is 22.7 Å². The molecule has 0 unspecified atom stereocenters. The van der Waals surface area contributed by atoms with Gasteiger partial charge in [-0.2, -0.15) is 10.2 Å². The Labute approximate surface area is 200 Å². The molecular weight excluding hydrogens is 444 g/mol. The summed E-state index contributed by atoms with van der Waals surface area (Å²) in [6, 6.07) is 18.3.